The molecular formula is C16H16O3. The Balaban J connectivity index is 1.97. The van der Waals surface area contributed by atoms with E-state index < -0.39 is 0 Å². The van der Waals surface area contributed by atoms with Crippen LogP contribution in [0.15, 0.2) is 54.6 Å². The molecule has 19 heavy (non-hydrogen) atoms. The third-order valence-electron chi connectivity index (χ3n) is 2.73. The van der Waals surface area contributed by atoms with Crippen LogP contribution in [0.3, 0.4) is 0 Å². The highest BCUT2D eigenvalue weighted by Crippen LogP contribution is 2.22. The Labute approximate surface area is 112 Å². The predicted molar refractivity (Wildman–Crippen MR) is 74.0 cm³/mol. The summed E-state index contributed by atoms with van der Waals surface area (Å²) < 4.78 is 10.3. The van der Waals surface area contributed by atoms with Crippen molar-refractivity contribution in [1.82, 2.24) is 0 Å². The van der Waals surface area contributed by atoms with Gasteiger partial charge in [0, 0.05) is 0 Å². The molecule has 0 aliphatic heterocycles. The lowest BCUT2D eigenvalue weighted by molar-refractivity contribution is -0.134. The Bertz CT molecular complexity index is 505. The number of rotatable bonds is 6. The van der Waals surface area contributed by atoms with E-state index in [0.717, 1.165) is 11.3 Å². The lowest BCUT2D eigenvalue weighted by atomic mass is 10.1. The zero-order chi connectivity index (χ0) is 13.5. The Morgan fingerprint density at radius 2 is 1.63 bits per heavy atom. The summed E-state index contributed by atoms with van der Waals surface area (Å²) in [6, 6.07) is 18.0. The molecule has 0 fully saturated rings. The largest absolute Gasteiger partial charge is 0.490 e. The monoisotopic (exact) mass is 256 g/mol. The lowest BCUT2D eigenvalue weighted by Crippen LogP contribution is -2.17. The van der Waals surface area contributed by atoms with Crippen LogP contribution in [0.5, 0.6) is 5.75 Å². The maximum Gasteiger partial charge on any atom is 0.293 e. The normalized spacial score (nSPS) is 11.6. The number of carbonyl (C=O) groups excluding carboxylic acids is 1. The van der Waals surface area contributed by atoms with E-state index in [2.05, 4.69) is 12.1 Å². The third kappa shape index (κ3) is 3.85. The number of carbonyl (C=O) groups is 1. The summed E-state index contributed by atoms with van der Waals surface area (Å²) in [7, 11) is 0. The van der Waals surface area contributed by atoms with Gasteiger partial charge in [0.15, 0.2) is 0 Å². The van der Waals surface area contributed by atoms with Gasteiger partial charge in [-0.3, -0.25) is 4.79 Å². The van der Waals surface area contributed by atoms with Gasteiger partial charge in [0.1, 0.15) is 18.5 Å². The molecule has 2 aromatic rings. The first-order chi connectivity index (χ1) is 9.29. The van der Waals surface area contributed by atoms with Crippen LogP contribution in [0.2, 0.25) is 0 Å². The van der Waals surface area contributed by atoms with Crippen LogP contribution < -0.4 is 4.74 Å². The molecule has 0 radical (unpaired) electrons. The summed E-state index contributed by atoms with van der Waals surface area (Å²) in [5, 5.41) is 0. The average Bonchev–Trinajstić information content (AvgIpc) is 2.47. The van der Waals surface area contributed by atoms with Crippen molar-refractivity contribution < 1.29 is 14.3 Å². The zero-order valence-electron chi connectivity index (χ0n) is 10.8. The first-order valence-corrected chi connectivity index (χ1v) is 6.17. The number of hydrogen-bond acceptors (Lipinski definition) is 3. The van der Waals surface area contributed by atoms with Crippen LogP contribution in [0.25, 0.3) is 11.1 Å². The van der Waals surface area contributed by atoms with E-state index in [4.69, 9.17) is 9.47 Å². The minimum atomic E-state index is -0.244. The molecule has 0 saturated carbocycles. The van der Waals surface area contributed by atoms with E-state index >= 15 is 0 Å². The molecule has 0 amide bonds. The Morgan fingerprint density at radius 3 is 2.26 bits per heavy atom. The fraction of sp³-hybridized carbons (Fsp3) is 0.188. The highest BCUT2D eigenvalue weighted by Gasteiger charge is 2.03. The van der Waals surface area contributed by atoms with Crippen molar-refractivity contribution in [2.75, 3.05) is 6.61 Å². The van der Waals surface area contributed by atoms with Gasteiger partial charge in [-0.25, -0.2) is 0 Å². The Hall–Kier alpha value is -2.29. The Morgan fingerprint density at radius 1 is 1.00 bits per heavy atom. The van der Waals surface area contributed by atoms with Gasteiger partial charge in [0.25, 0.3) is 6.47 Å². The summed E-state index contributed by atoms with van der Waals surface area (Å²) >= 11 is 0. The standard InChI is InChI=1S/C16H16O3/c1-13(19-12-17)11-18-16-9-7-15(8-10-16)14-5-3-2-4-6-14/h2-10,12-13H,11H2,1H3/t13-/m0/s1. The SMILES string of the molecule is C[C@@H](COc1ccc(-c2ccccc2)cc1)OC=O. The molecule has 0 N–H and O–H groups in total. The van der Waals surface area contributed by atoms with Crippen LogP contribution in [0, 0.1) is 0 Å². The second-order valence-corrected chi connectivity index (χ2v) is 4.24. The summed E-state index contributed by atoms with van der Waals surface area (Å²) in [5.41, 5.74) is 2.32. The molecule has 0 spiro atoms. The van der Waals surface area contributed by atoms with Gasteiger partial charge in [-0.15, -0.1) is 0 Å². The molecule has 0 unspecified atom stereocenters. The molecule has 0 aliphatic rings. The minimum absolute atomic E-state index is 0.244. The minimum Gasteiger partial charge on any atom is -0.490 e. The number of benzene rings is 2. The van der Waals surface area contributed by atoms with Gasteiger partial charge in [-0.05, 0) is 30.2 Å². The molecule has 2 aromatic carbocycles. The van der Waals surface area contributed by atoms with Crippen molar-refractivity contribution in [3.05, 3.63) is 54.6 Å². The Kier molecular flexibility index (Phi) is 4.56. The second kappa shape index (κ2) is 6.59. The fourth-order valence-electron chi connectivity index (χ4n) is 1.72. The molecule has 2 rings (SSSR count). The predicted octanol–water partition coefficient (Wildman–Crippen LogP) is 3.29. The molecule has 98 valence electrons. The van der Waals surface area contributed by atoms with Crippen molar-refractivity contribution in [3.63, 3.8) is 0 Å². The molecule has 3 heteroatoms. The highest BCUT2D eigenvalue weighted by atomic mass is 16.6. The van der Waals surface area contributed by atoms with Crippen molar-refractivity contribution in [3.8, 4) is 16.9 Å². The average molecular weight is 256 g/mol. The first-order valence-electron chi connectivity index (χ1n) is 6.17. The molecule has 1 atom stereocenters. The quantitative estimate of drug-likeness (QED) is 0.744. The molecule has 0 aliphatic carbocycles. The van der Waals surface area contributed by atoms with E-state index in [1.165, 1.54) is 5.56 Å². The zero-order valence-corrected chi connectivity index (χ0v) is 10.8. The van der Waals surface area contributed by atoms with Gasteiger partial charge in [-0.2, -0.15) is 0 Å². The number of hydrogen-bond donors (Lipinski definition) is 0. The van der Waals surface area contributed by atoms with E-state index in [-0.39, 0.29) is 6.10 Å². The van der Waals surface area contributed by atoms with Gasteiger partial charge in [0.2, 0.25) is 0 Å². The molecule has 0 saturated heterocycles. The van der Waals surface area contributed by atoms with Crippen molar-refractivity contribution >= 4 is 6.47 Å². The van der Waals surface area contributed by atoms with Crippen LogP contribution in [-0.2, 0) is 9.53 Å². The maximum absolute atomic E-state index is 10.2. The summed E-state index contributed by atoms with van der Waals surface area (Å²) in [5.74, 6) is 0.765. The summed E-state index contributed by atoms with van der Waals surface area (Å²) in [4.78, 5) is 10.2. The van der Waals surface area contributed by atoms with Gasteiger partial charge in [0.05, 0.1) is 0 Å². The second-order valence-electron chi connectivity index (χ2n) is 4.24. The molecular weight excluding hydrogens is 240 g/mol. The topological polar surface area (TPSA) is 35.5 Å². The fourth-order valence-corrected chi connectivity index (χ4v) is 1.72. The number of ether oxygens (including phenoxy) is 2. The smallest absolute Gasteiger partial charge is 0.293 e. The van der Waals surface area contributed by atoms with Gasteiger partial charge >= 0.3 is 0 Å². The van der Waals surface area contributed by atoms with E-state index in [0.29, 0.717) is 13.1 Å². The van der Waals surface area contributed by atoms with Crippen LogP contribution in [-0.4, -0.2) is 19.2 Å². The van der Waals surface area contributed by atoms with E-state index in [1.807, 2.05) is 42.5 Å². The van der Waals surface area contributed by atoms with Crippen LogP contribution in [0.1, 0.15) is 6.92 Å². The maximum atomic E-state index is 10.2. The van der Waals surface area contributed by atoms with Crippen molar-refractivity contribution in [2.24, 2.45) is 0 Å². The molecule has 0 bridgehead atoms. The first kappa shape index (κ1) is 13.1. The molecule has 0 aromatic heterocycles. The van der Waals surface area contributed by atoms with E-state index in [1.54, 1.807) is 6.92 Å². The van der Waals surface area contributed by atoms with Crippen molar-refractivity contribution in [1.29, 1.82) is 0 Å². The third-order valence-corrected chi connectivity index (χ3v) is 2.73. The highest BCUT2D eigenvalue weighted by molar-refractivity contribution is 5.63. The summed E-state index contributed by atoms with van der Waals surface area (Å²) in [6.45, 7) is 2.57. The van der Waals surface area contributed by atoms with Crippen LogP contribution in [0.4, 0.5) is 0 Å². The molecule has 3 nitrogen and oxygen atoms in total. The van der Waals surface area contributed by atoms with E-state index in [9.17, 15) is 4.79 Å². The lowest BCUT2D eigenvalue weighted by Gasteiger charge is -2.11. The summed E-state index contributed by atoms with van der Waals surface area (Å²) in [6.07, 6.45) is -0.244. The van der Waals surface area contributed by atoms with Crippen LogP contribution >= 0.6 is 0 Å². The molecule has 0 heterocycles. The van der Waals surface area contributed by atoms with Gasteiger partial charge in [-0.1, -0.05) is 42.5 Å². The van der Waals surface area contributed by atoms with Gasteiger partial charge < -0.3 is 9.47 Å². The van der Waals surface area contributed by atoms with Crippen molar-refractivity contribution in [2.45, 2.75) is 13.0 Å².